The van der Waals surface area contributed by atoms with E-state index in [9.17, 15) is 19.7 Å². The van der Waals surface area contributed by atoms with Crippen LogP contribution in [0.25, 0.3) is 21.9 Å². The van der Waals surface area contributed by atoms with Crippen molar-refractivity contribution < 1.29 is 9.72 Å². The summed E-state index contributed by atoms with van der Waals surface area (Å²) in [6, 6.07) is 22.3. The van der Waals surface area contributed by atoms with Crippen LogP contribution in [0.4, 0.5) is 5.69 Å². The Hall–Kier alpha value is -4.59. The molecule has 4 aromatic rings. The highest BCUT2D eigenvalue weighted by Gasteiger charge is 2.21. The number of hydrogen-bond donors (Lipinski definition) is 1. The Morgan fingerprint density at radius 3 is 2.25 bits per heavy atom. The average Bonchev–Trinajstić information content (AvgIpc) is 2.82. The zero-order valence-corrected chi connectivity index (χ0v) is 17.1. The summed E-state index contributed by atoms with van der Waals surface area (Å²) in [4.78, 5) is 36.3. The number of pyridine rings is 1. The van der Waals surface area contributed by atoms with Gasteiger partial charge in [0.2, 0.25) is 0 Å². The van der Waals surface area contributed by atoms with Crippen LogP contribution >= 0.6 is 0 Å². The number of amides is 1. The minimum atomic E-state index is -0.549. The van der Waals surface area contributed by atoms with E-state index in [2.05, 4.69) is 10.5 Å². The molecule has 158 valence electrons. The summed E-state index contributed by atoms with van der Waals surface area (Å²) in [6.07, 6.45) is 1.38. The summed E-state index contributed by atoms with van der Waals surface area (Å²) in [6.45, 7) is 0. The molecule has 8 nitrogen and oxygen atoms in total. The number of carbonyl (C=O) groups excluding carboxylic acids is 1. The second-order valence-corrected chi connectivity index (χ2v) is 7.05. The van der Waals surface area contributed by atoms with Crippen LogP contribution < -0.4 is 11.0 Å². The molecule has 0 aliphatic rings. The Morgan fingerprint density at radius 1 is 0.969 bits per heavy atom. The number of nitrogens with zero attached hydrogens (tertiary/aromatic N) is 3. The molecule has 0 atom stereocenters. The Morgan fingerprint density at radius 2 is 1.59 bits per heavy atom. The molecular weight excluding hydrogens is 408 g/mol. The van der Waals surface area contributed by atoms with Gasteiger partial charge in [0.15, 0.2) is 0 Å². The van der Waals surface area contributed by atoms with E-state index in [0.717, 1.165) is 5.56 Å². The van der Waals surface area contributed by atoms with Gasteiger partial charge in [-0.25, -0.2) is 5.43 Å². The Kier molecular flexibility index (Phi) is 5.59. The van der Waals surface area contributed by atoms with Crippen LogP contribution in [-0.4, -0.2) is 21.6 Å². The van der Waals surface area contributed by atoms with Crippen molar-refractivity contribution in [2.75, 3.05) is 0 Å². The van der Waals surface area contributed by atoms with Gasteiger partial charge >= 0.3 is 0 Å². The van der Waals surface area contributed by atoms with Gasteiger partial charge in [-0.15, -0.1) is 0 Å². The first-order chi connectivity index (χ1) is 15.5. The van der Waals surface area contributed by atoms with Crippen molar-refractivity contribution >= 4 is 28.6 Å². The number of fused-ring (bicyclic) bond motifs is 1. The number of nitrogens with one attached hydrogen (secondary N) is 1. The van der Waals surface area contributed by atoms with Crippen molar-refractivity contribution in [3.05, 3.63) is 111 Å². The molecule has 0 unspecified atom stereocenters. The molecule has 0 fully saturated rings. The summed E-state index contributed by atoms with van der Waals surface area (Å²) in [5.74, 6) is -0.549. The third kappa shape index (κ3) is 3.89. The second-order valence-electron chi connectivity index (χ2n) is 7.05. The van der Waals surface area contributed by atoms with E-state index in [0.29, 0.717) is 21.9 Å². The summed E-state index contributed by atoms with van der Waals surface area (Å²) in [5.41, 5.74) is 4.32. The molecule has 32 heavy (non-hydrogen) atoms. The molecule has 0 bridgehead atoms. The van der Waals surface area contributed by atoms with Crippen LogP contribution in [-0.2, 0) is 7.05 Å². The molecule has 8 heteroatoms. The standard InChI is InChI=1S/C24H18N4O4/c1-27-22(23(29)26-25-15-16-11-13-18(14-12-16)28(31)32)21(17-7-3-2-4-8-17)19-9-5-6-10-20(19)24(27)30/h2-15H,1H3,(H,26,29)/b25-15+. The van der Waals surface area contributed by atoms with E-state index < -0.39 is 10.8 Å². The van der Waals surface area contributed by atoms with Crippen molar-refractivity contribution in [3.63, 3.8) is 0 Å². The van der Waals surface area contributed by atoms with E-state index in [-0.39, 0.29) is 16.9 Å². The Balaban J connectivity index is 1.75. The molecule has 3 aromatic carbocycles. The molecule has 0 spiro atoms. The summed E-state index contributed by atoms with van der Waals surface area (Å²) < 4.78 is 1.32. The number of nitro groups is 1. The monoisotopic (exact) mass is 426 g/mol. The lowest BCUT2D eigenvalue weighted by Crippen LogP contribution is -2.30. The van der Waals surface area contributed by atoms with E-state index in [4.69, 9.17) is 0 Å². The highest BCUT2D eigenvalue weighted by atomic mass is 16.6. The first-order valence-electron chi connectivity index (χ1n) is 9.72. The summed E-state index contributed by atoms with van der Waals surface area (Å²) >= 11 is 0. The van der Waals surface area contributed by atoms with Crippen LogP contribution in [0, 0.1) is 10.1 Å². The third-order valence-electron chi connectivity index (χ3n) is 5.06. The Labute approximate surface area is 182 Å². The zero-order valence-electron chi connectivity index (χ0n) is 17.1. The van der Waals surface area contributed by atoms with Crippen molar-refractivity contribution in [2.24, 2.45) is 12.1 Å². The number of nitro benzene ring substituents is 1. The number of hydrogen-bond acceptors (Lipinski definition) is 5. The van der Waals surface area contributed by atoms with Crippen LogP contribution in [0.3, 0.4) is 0 Å². The van der Waals surface area contributed by atoms with E-state index in [1.54, 1.807) is 19.2 Å². The van der Waals surface area contributed by atoms with Gasteiger partial charge in [0, 0.05) is 30.1 Å². The molecule has 0 aliphatic heterocycles. The predicted molar refractivity (Wildman–Crippen MR) is 123 cm³/mol. The number of carbonyl (C=O) groups is 1. The first-order valence-corrected chi connectivity index (χ1v) is 9.72. The maximum Gasteiger partial charge on any atom is 0.288 e. The predicted octanol–water partition coefficient (Wildman–Crippen LogP) is 3.88. The van der Waals surface area contributed by atoms with Crippen molar-refractivity contribution in [2.45, 2.75) is 0 Å². The number of rotatable bonds is 5. The lowest BCUT2D eigenvalue weighted by Gasteiger charge is -2.16. The quantitative estimate of drug-likeness (QED) is 0.297. The molecular formula is C24H18N4O4. The lowest BCUT2D eigenvalue weighted by atomic mass is 9.96. The van der Waals surface area contributed by atoms with Crippen LogP contribution in [0.2, 0.25) is 0 Å². The maximum absolute atomic E-state index is 13.1. The van der Waals surface area contributed by atoms with Crippen molar-refractivity contribution in [1.82, 2.24) is 9.99 Å². The van der Waals surface area contributed by atoms with Gasteiger partial charge < -0.3 is 4.57 Å². The van der Waals surface area contributed by atoms with E-state index in [1.165, 1.54) is 35.0 Å². The molecule has 1 aromatic heterocycles. The number of hydrazone groups is 1. The molecule has 0 aliphatic carbocycles. The summed E-state index contributed by atoms with van der Waals surface area (Å²) in [5, 5.41) is 15.9. The highest BCUT2D eigenvalue weighted by molar-refractivity contribution is 6.08. The van der Waals surface area contributed by atoms with Gasteiger partial charge in [-0.3, -0.25) is 19.7 Å². The van der Waals surface area contributed by atoms with E-state index in [1.807, 2.05) is 42.5 Å². The molecule has 1 amide bonds. The fraction of sp³-hybridized carbons (Fsp3) is 0.0417. The highest BCUT2D eigenvalue weighted by Crippen LogP contribution is 2.30. The largest absolute Gasteiger partial charge is 0.306 e. The summed E-state index contributed by atoms with van der Waals surface area (Å²) in [7, 11) is 1.55. The normalized spacial score (nSPS) is 11.0. The van der Waals surface area contributed by atoms with Gasteiger partial charge in [0.05, 0.1) is 11.1 Å². The van der Waals surface area contributed by atoms with Gasteiger partial charge in [0.25, 0.3) is 17.2 Å². The molecule has 0 saturated heterocycles. The van der Waals surface area contributed by atoms with Gasteiger partial charge in [0.1, 0.15) is 5.69 Å². The maximum atomic E-state index is 13.1. The lowest BCUT2D eigenvalue weighted by molar-refractivity contribution is -0.384. The molecule has 4 rings (SSSR count). The van der Waals surface area contributed by atoms with Gasteiger partial charge in [-0.1, -0.05) is 48.5 Å². The number of benzene rings is 3. The molecule has 1 N–H and O–H groups in total. The Bertz CT molecular complexity index is 1410. The zero-order chi connectivity index (χ0) is 22.7. The van der Waals surface area contributed by atoms with Gasteiger partial charge in [-0.05, 0) is 34.7 Å². The van der Waals surface area contributed by atoms with Crippen LogP contribution in [0.1, 0.15) is 16.1 Å². The fourth-order valence-electron chi connectivity index (χ4n) is 3.53. The minimum absolute atomic E-state index is 0.0372. The topological polar surface area (TPSA) is 107 Å². The van der Waals surface area contributed by atoms with Crippen LogP contribution in [0.15, 0.2) is 88.8 Å². The fourth-order valence-corrected chi connectivity index (χ4v) is 3.53. The molecule has 0 radical (unpaired) electrons. The third-order valence-corrected chi connectivity index (χ3v) is 5.06. The number of non-ortho nitro benzene ring substituents is 1. The molecule has 0 saturated carbocycles. The van der Waals surface area contributed by atoms with E-state index >= 15 is 0 Å². The van der Waals surface area contributed by atoms with Crippen LogP contribution in [0.5, 0.6) is 0 Å². The van der Waals surface area contributed by atoms with Gasteiger partial charge in [-0.2, -0.15) is 5.10 Å². The first kappa shape index (κ1) is 20.7. The SMILES string of the molecule is Cn1c(C(=O)N/N=C/c2ccc([N+](=O)[O-])cc2)c(-c2ccccc2)c2ccccc2c1=O. The van der Waals surface area contributed by atoms with Crippen molar-refractivity contribution in [1.29, 1.82) is 0 Å². The molecule has 1 heterocycles. The minimum Gasteiger partial charge on any atom is -0.306 e. The van der Waals surface area contributed by atoms with Crippen molar-refractivity contribution in [3.8, 4) is 11.1 Å². The number of aromatic nitrogens is 1. The smallest absolute Gasteiger partial charge is 0.288 e. The average molecular weight is 426 g/mol. The second kappa shape index (κ2) is 8.65.